The Morgan fingerprint density at radius 1 is 1.16 bits per heavy atom. The highest BCUT2D eigenvalue weighted by Gasteiger charge is 2.52. The van der Waals surface area contributed by atoms with Gasteiger partial charge in [-0.1, -0.05) is 6.92 Å². The molecule has 1 heterocycles. The first kappa shape index (κ1) is 20.4. The molecule has 1 aliphatic heterocycles. The van der Waals surface area contributed by atoms with E-state index in [-0.39, 0.29) is 22.9 Å². The monoisotopic (exact) mass is 368 g/mol. The van der Waals surface area contributed by atoms with E-state index in [9.17, 15) is 4.21 Å². The summed E-state index contributed by atoms with van der Waals surface area (Å²) in [6.07, 6.45) is 0. The summed E-state index contributed by atoms with van der Waals surface area (Å²) >= 11 is -1.80. The van der Waals surface area contributed by atoms with Crippen LogP contribution in [0.4, 0.5) is 0 Å². The van der Waals surface area contributed by atoms with Crippen LogP contribution in [0, 0.1) is 19.8 Å². The molecule has 1 fully saturated rings. The maximum absolute atomic E-state index is 10.9. The first-order chi connectivity index (χ1) is 11.4. The van der Waals surface area contributed by atoms with Gasteiger partial charge < -0.3 is 18.6 Å². The molecule has 1 saturated heterocycles. The molecule has 1 aromatic carbocycles. The second-order valence-corrected chi connectivity index (χ2v) is 8.94. The molecule has 0 radical (unpaired) electrons. The van der Waals surface area contributed by atoms with Gasteiger partial charge in [-0.05, 0) is 70.3 Å². The fourth-order valence-corrected chi connectivity index (χ4v) is 3.46. The molecule has 0 saturated carbocycles. The summed E-state index contributed by atoms with van der Waals surface area (Å²) in [4.78, 5) is 0. The lowest BCUT2D eigenvalue weighted by Gasteiger charge is -2.32. The highest BCUT2D eigenvalue weighted by atomic mass is 32.2. The van der Waals surface area contributed by atoms with Crippen LogP contribution in [0.2, 0.25) is 0 Å². The van der Waals surface area contributed by atoms with Gasteiger partial charge in [0.05, 0.1) is 23.6 Å². The Morgan fingerprint density at radius 3 is 2.08 bits per heavy atom. The van der Waals surface area contributed by atoms with E-state index < -0.39 is 18.2 Å². The third-order valence-corrected chi connectivity index (χ3v) is 5.87. The van der Waals surface area contributed by atoms with Crippen LogP contribution in [0.3, 0.4) is 0 Å². The molecule has 0 aliphatic carbocycles. The number of benzene rings is 1. The molecule has 140 valence electrons. The summed E-state index contributed by atoms with van der Waals surface area (Å²) in [6, 6.07) is 3.94. The molecular formula is C18H29BO5S. The van der Waals surface area contributed by atoms with Crippen molar-refractivity contribution in [3.05, 3.63) is 23.3 Å². The lowest BCUT2D eigenvalue weighted by Crippen LogP contribution is -2.41. The van der Waals surface area contributed by atoms with Crippen molar-refractivity contribution < 1.29 is 22.8 Å². The van der Waals surface area contributed by atoms with Crippen molar-refractivity contribution in [2.45, 2.75) is 59.7 Å². The van der Waals surface area contributed by atoms with E-state index >= 15 is 0 Å². The summed E-state index contributed by atoms with van der Waals surface area (Å²) in [5.41, 5.74) is 2.39. The van der Waals surface area contributed by atoms with E-state index in [0.29, 0.717) is 6.61 Å². The Labute approximate surface area is 153 Å². The molecule has 25 heavy (non-hydrogen) atoms. The minimum Gasteiger partial charge on any atom is -0.493 e. The van der Waals surface area contributed by atoms with Gasteiger partial charge in [-0.15, -0.1) is 0 Å². The standard InChI is InChI=1S/C18H29BO5S/c1-12(11-25(20)21)10-22-15-8-13(2)16(14(3)9-15)19-23-17(4,5)18(6,7)24-19/h8-9,12H,10-11H2,1-7H3,(H,20,21). The molecule has 0 aromatic heterocycles. The van der Waals surface area contributed by atoms with Crippen LogP contribution in [0.15, 0.2) is 12.1 Å². The summed E-state index contributed by atoms with van der Waals surface area (Å²) in [6.45, 7) is 14.5. The normalized spacial score (nSPS) is 21.2. The topological polar surface area (TPSA) is 65.0 Å². The molecule has 5 nitrogen and oxygen atoms in total. The number of aryl methyl sites for hydroxylation is 2. The molecule has 0 spiro atoms. The van der Waals surface area contributed by atoms with Crippen LogP contribution in [0.5, 0.6) is 5.75 Å². The van der Waals surface area contributed by atoms with Gasteiger partial charge in [-0.2, -0.15) is 0 Å². The van der Waals surface area contributed by atoms with Crippen LogP contribution in [-0.2, 0) is 20.4 Å². The van der Waals surface area contributed by atoms with Gasteiger partial charge in [0.15, 0.2) is 11.1 Å². The average Bonchev–Trinajstić information content (AvgIpc) is 2.63. The Bertz CT molecular complexity index is 620. The van der Waals surface area contributed by atoms with Crippen molar-refractivity contribution in [2.75, 3.05) is 12.4 Å². The summed E-state index contributed by atoms with van der Waals surface area (Å²) in [5, 5.41) is 0. The van der Waals surface area contributed by atoms with Gasteiger partial charge in [-0.3, -0.25) is 0 Å². The van der Waals surface area contributed by atoms with Crippen LogP contribution in [0.25, 0.3) is 0 Å². The smallest absolute Gasteiger partial charge is 0.493 e. The van der Waals surface area contributed by atoms with Gasteiger partial charge in [0.1, 0.15) is 5.75 Å². The molecule has 2 unspecified atom stereocenters. The highest BCUT2D eigenvalue weighted by Crippen LogP contribution is 2.37. The van der Waals surface area contributed by atoms with Crippen LogP contribution >= 0.6 is 0 Å². The average molecular weight is 368 g/mol. The maximum atomic E-state index is 10.9. The van der Waals surface area contributed by atoms with Crippen molar-refractivity contribution in [3.8, 4) is 5.75 Å². The van der Waals surface area contributed by atoms with Crippen molar-refractivity contribution in [3.63, 3.8) is 0 Å². The lowest BCUT2D eigenvalue weighted by atomic mass is 9.73. The van der Waals surface area contributed by atoms with Crippen molar-refractivity contribution in [1.82, 2.24) is 0 Å². The van der Waals surface area contributed by atoms with Gasteiger partial charge in [-0.25, -0.2) is 4.21 Å². The van der Waals surface area contributed by atoms with Crippen LogP contribution < -0.4 is 10.2 Å². The predicted molar refractivity (Wildman–Crippen MR) is 102 cm³/mol. The van der Waals surface area contributed by atoms with E-state index in [2.05, 4.69) is 0 Å². The quantitative estimate of drug-likeness (QED) is 0.618. The number of rotatable bonds is 6. The van der Waals surface area contributed by atoms with Crippen LogP contribution in [0.1, 0.15) is 45.7 Å². The SMILES string of the molecule is Cc1cc(OCC(C)CS(=O)O)cc(C)c1B1OC(C)(C)C(C)(C)O1. The van der Waals surface area contributed by atoms with E-state index in [1.54, 1.807) is 0 Å². The zero-order valence-electron chi connectivity index (χ0n) is 16.2. The van der Waals surface area contributed by atoms with E-state index in [0.717, 1.165) is 22.3 Å². The predicted octanol–water partition coefficient (Wildman–Crippen LogP) is 2.84. The molecule has 2 atom stereocenters. The third kappa shape index (κ3) is 4.64. The van der Waals surface area contributed by atoms with E-state index in [4.69, 9.17) is 18.6 Å². The Hall–Kier alpha value is -0.885. The Morgan fingerprint density at radius 2 is 1.64 bits per heavy atom. The third-order valence-electron chi connectivity index (χ3n) is 5.02. The molecule has 0 bridgehead atoms. The molecule has 7 heteroatoms. The fraction of sp³-hybridized carbons (Fsp3) is 0.667. The molecule has 1 N–H and O–H groups in total. The zero-order chi connectivity index (χ0) is 19.0. The largest absolute Gasteiger partial charge is 0.495 e. The minimum absolute atomic E-state index is 0.00854. The van der Waals surface area contributed by atoms with Gasteiger partial charge in [0.25, 0.3) is 0 Å². The second kappa shape index (κ2) is 7.39. The molecule has 2 rings (SSSR count). The molecular weight excluding hydrogens is 339 g/mol. The lowest BCUT2D eigenvalue weighted by molar-refractivity contribution is 0.00578. The minimum atomic E-state index is -1.80. The first-order valence-corrected chi connectivity index (χ1v) is 9.87. The molecule has 1 aromatic rings. The fourth-order valence-electron chi connectivity index (χ4n) is 2.88. The van der Waals surface area contributed by atoms with Gasteiger partial charge in [0, 0.05) is 5.92 Å². The first-order valence-electron chi connectivity index (χ1n) is 8.60. The highest BCUT2D eigenvalue weighted by molar-refractivity contribution is 7.79. The van der Waals surface area contributed by atoms with Gasteiger partial charge >= 0.3 is 7.12 Å². The Balaban J connectivity index is 2.14. The second-order valence-electron chi connectivity index (χ2n) is 7.96. The summed E-state index contributed by atoms with van der Waals surface area (Å²) in [5.74, 6) is 0.976. The molecule has 1 aliphatic rings. The maximum Gasteiger partial charge on any atom is 0.495 e. The molecule has 0 amide bonds. The van der Waals surface area contributed by atoms with Gasteiger partial charge in [0.2, 0.25) is 0 Å². The number of hydrogen-bond acceptors (Lipinski definition) is 4. The van der Waals surface area contributed by atoms with Crippen molar-refractivity contribution in [1.29, 1.82) is 0 Å². The zero-order valence-corrected chi connectivity index (χ0v) is 17.0. The number of ether oxygens (including phenoxy) is 1. The number of hydrogen-bond donors (Lipinski definition) is 1. The van der Waals surface area contributed by atoms with Crippen molar-refractivity contribution >= 4 is 23.7 Å². The van der Waals surface area contributed by atoms with Crippen LogP contribution in [-0.4, -0.2) is 39.4 Å². The Kier molecular flexibility index (Phi) is 6.04. The van der Waals surface area contributed by atoms with E-state index in [1.165, 1.54) is 0 Å². The summed E-state index contributed by atoms with van der Waals surface area (Å²) in [7, 11) is -0.394. The van der Waals surface area contributed by atoms with E-state index in [1.807, 2.05) is 60.6 Å². The summed E-state index contributed by atoms with van der Waals surface area (Å²) < 4.78 is 37.9. The van der Waals surface area contributed by atoms with Crippen molar-refractivity contribution in [2.24, 2.45) is 5.92 Å².